The summed E-state index contributed by atoms with van der Waals surface area (Å²) >= 11 is 0. The first-order chi connectivity index (χ1) is 15.1. The Labute approximate surface area is 183 Å². The van der Waals surface area contributed by atoms with E-state index >= 15 is 0 Å². The van der Waals surface area contributed by atoms with Gasteiger partial charge in [0.25, 0.3) is 5.91 Å². The van der Waals surface area contributed by atoms with Crippen LogP contribution in [-0.2, 0) is 12.0 Å². The van der Waals surface area contributed by atoms with Gasteiger partial charge in [0.15, 0.2) is 0 Å². The van der Waals surface area contributed by atoms with E-state index in [0.717, 1.165) is 35.5 Å². The second kappa shape index (κ2) is 7.37. The molecule has 4 saturated carbocycles. The van der Waals surface area contributed by atoms with Gasteiger partial charge in [0.1, 0.15) is 0 Å². The number of hydrogen-bond acceptors (Lipinski definition) is 2. The topological polar surface area (TPSA) is 46.9 Å². The quantitative estimate of drug-likeness (QED) is 0.590. The molecule has 4 nitrogen and oxygen atoms in total. The first-order valence-corrected chi connectivity index (χ1v) is 11.6. The highest BCUT2D eigenvalue weighted by molar-refractivity contribution is 6.04. The molecule has 4 bridgehead atoms. The fraction of sp³-hybridized carbons (Fsp3) is 0.407. The summed E-state index contributed by atoms with van der Waals surface area (Å²) in [5, 5.41) is 3.07. The van der Waals surface area contributed by atoms with Crippen molar-refractivity contribution in [1.29, 1.82) is 0 Å². The van der Waals surface area contributed by atoms with Crippen LogP contribution >= 0.6 is 0 Å². The van der Waals surface area contributed by atoms with Crippen LogP contribution in [0.3, 0.4) is 0 Å². The summed E-state index contributed by atoms with van der Waals surface area (Å²) in [5.41, 5.74) is 4.60. The SMILES string of the molecule is O=C(Nc1ccc(C23CC4CC(CC(C4)C2)C3)cc1)c1ccc(Cn2ccnc2)cc1. The van der Waals surface area contributed by atoms with E-state index in [1.165, 1.54) is 44.1 Å². The van der Waals surface area contributed by atoms with E-state index in [0.29, 0.717) is 11.0 Å². The van der Waals surface area contributed by atoms with Crippen LogP contribution in [0.25, 0.3) is 0 Å². The minimum atomic E-state index is -0.0586. The Kier molecular flexibility index (Phi) is 4.48. The fourth-order valence-electron chi connectivity index (χ4n) is 6.93. The molecule has 4 aliphatic rings. The number of hydrogen-bond donors (Lipinski definition) is 1. The molecule has 1 amide bonds. The normalized spacial score (nSPS) is 28.6. The third-order valence-corrected chi connectivity index (χ3v) is 7.93. The van der Waals surface area contributed by atoms with Crippen LogP contribution in [0.2, 0.25) is 0 Å². The van der Waals surface area contributed by atoms with Gasteiger partial charge >= 0.3 is 0 Å². The Morgan fingerprint density at radius 1 is 0.935 bits per heavy atom. The Morgan fingerprint density at radius 2 is 1.58 bits per heavy atom. The van der Waals surface area contributed by atoms with Gasteiger partial charge < -0.3 is 9.88 Å². The first kappa shape index (κ1) is 18.9. The van der Waals surface area contributed by atoms with E-state index in [1.807, 2.05) is 35.0 Å². The Bertz CT molecular complexity index is 1030. The number of carbonyl (C=O) groups excluding carboxylic acids is 1. The molecule has 1 heterocycles. The predicted molar refractivity (Wildman–Crippen MR) is 122 cm³/mol. The number of benzene rings is 2. The van der Waals surface area contributed by atoms with E-state index in [1.54, 1.807) is 12.5 Å². The van der Waals surface area contributed by atoms with Gasteiger partial charge in [-0.05, 0) is 97.1 Å². The van der Waals surface area contributed by atoms with Gasteiger partial charge in [-0.25, -0.2) is 4.98 Å². The molecule has 2 aromatic carbocycles. The van der Waals surface area contributed by atoms with Crippen LogP contribution in [-0.4, -0.2) is 15.5 Å². The summed E-state index contributed by atoms with van der Waals surface area (Å²) in [6, 6.07) is 16.5. The van der Waals surface area contributed by atoms with Crippen molar-refractivity contribution in [3.8, 4) is 0 Å². The number of imidazole rings is 1. The molecule has 0 unspecified atom stereocenters. The zero-order valence-corrected chi connectivity index (χ0v) is 17.8. The molecule has 4 fully saturated rings. The summed E-state index contributed by atoms with van der Waals surface area (Å²) in [6.45, 7) is 0.758. The minimum absolute atomic E-state index is 0.0586. The van der Waals surface area contributed by atoms with Crippen molar-refractivity contribution >= 4 is 11.6 Å². The molecule has 1 aromatic heterocycles. The second-order valence-corrected chi connectivity index (χ2v) is 10.2. The Balaban J connectivity index is 1.13. The molecular formula is C27H29N3O. The molecule has 4 heteroatoms. The third kappa shape index (κ3) is 3.58. The smallest absolute Gasteiger partial charge is 0.255 e. The summed E-state index contributed by atoms with van der Waals surface area (Å²) < 4.78 is 2.01. The fourth-order valence-corrected chi connectivity index (χ4v) is 6.93. The van der Waals surface area contributed by atoms with Crippen molar-refractivity contribution in [2.45, 2.75) is 50.5 Å². The van der Waals surface area contributed by atoms with Gasteiger partial charge in [-0.2, -0.15) is 0 Å². The van der Waals surface area contributed by atoms with E-state index in [2.05, 4.69) is 34.6 Å². The van der Waals surface area contributed by atoms with Crippen LogP contribution in [0.15, 0.2) is 67.3 Å². The average Bonchev–Trinajstić information content (AvgIpc) is 3.27. The van der Waals surface area contributed by atoms with E-state index < -0.39 is 0 Å². The number of nitrogens with one attached hydrogen (secondary N) is 1. The van der Waals surface area contributed by atoms with Crippen LogP contribution in [0.4, 0.5) is 5.69 Å². The molecule has 0 saturated heterocycles. The van der Waals surface area contributed by atoms with Gasteiger partial charge in [0, 0.05) is 30.2 Å². The van der Waals surface area contributed by atoms with Gasteiger partial charge in [0.2, 0.25) is 0 Å². The molecular weight excluding hydrogens is 382 g/mol. The maximum absolute atomic E-state index is 12.7. The lowest BCUT2D eigenvalue weighted by molar-refractivity contribution is -0.00518. The number of rotatable bonds is 5. The largest absolute Gasteiger partial charge is 0.333 e. The molecule has 4 aliphatic carbocycles. The number of nitrogens with zero attached hydrogens (tertiary/aromatic N) is 2. The summed E-state index contributed by atoms with van der Waals surface area (Å²) in [7, 11) is 0. The monoisotopic (exact) mass is 411 g/mol. The molecule has 7 rings (SSSR count). The molecule has 1 N–H and O–H groups in total. The summed E-state index contributed by atoms with van der Waals surface area (Å²) in [5.74, 6) is 2.78. The molecule has 3 aromatic rings. The first-order valence-electron chi connectivity index (χ1n) is 11.6. The molecule has 0 atom stereocenters. The third-order valence-electron chi connectivity index (χ3n) is 7.93. The Morgan fingerprint density at radius 3 is 2.16 bits per heavy atom. The number of anilines is 1. The standard InChI is InChI=1S/C27H29N3O/c31-26(23-3-1-19(2-4-23)17-30-10-9-28-18-30)29-25-7-5-24(6-8-25)27-14-20-11-21(15-27)13-22(12-20)16-27/h1-10,18,20-22H,11-17H2,(H,29,31). The zero-order valence-electron chi connectivity index (χ0n) is 17.8. The lowest BCUT2D eigenvalue weighted by Crippen LogP contribution is -2.48. The van der Waals surface area contributed by atoms with Crippen molar-refractivity contribution in [3.05, 3.63) is 83.9 Å². The number of aromatic nitrogens is 2. The van der Waals surface area contributed by atoms with Crippen LogP contribution in [0, 0.1) is 17.8 Å². The van der Waals surface area contributed by atoms with Gasteiger partial charge in [-0.1, -0.05) is 24.3 Å². The van der Waals surface area contributed by atoms with Crippen LogP contribution in [0.1, 0.15) is 60.0 Å². The summed E-state index contributed by atoms with van der Waals surface area (Å²) in [6.07, 6.45) is 14.0. The van der Waals surface area contributed by atoms with E-state index in [4.69, 9.17) is 0 Å². The summed E-state index contributed by atoms with van der Waals surface area (Å²) in [4.78, 5) is 16.8. The molecule has 0 aliphatic heterocycles. The van der Waals surface area contributed by atoms with Crippen molar-refractivity contribution in [2.24, 2.45) is 17.8 Å². The van der Waals surface area contributed by atoms with Crippen molar-refractivity contribution in [3.63, 3.8) is 0 Å². The lowest BCUT2D eigenvalue weighted by Gasteiger charge is -2.57. The van der Waals surface area contributed by atoms with Gasteiger partial charge in [-0.15, -0.1) is 0 Å². The molecule has 0 radical (unpaired) electrons. The van der Waals surface area contributed by atoms with Crippen molar-refractivity contribution < 1.29 is 4.79 Å². The highest BCUT2D eigenvalue weighted by Crippen LogP contribution is 2.60. The molecule has 158 valence electrons. The van der Waals surface area contributed by atoms with Gasteiger partial charge in [-0.3, -0.25) is 4.79 Å². The van der Waals surface area contributed by atoms with Crippen molar-refractivity contribution in [2.75, 3.05) is 5.32 Å². The van der Waals surface area contributed by atoms with E-state index in [-0.39, 0.29) is 5.91 Å². The van der Waals surface area contributed by atoms with Crippen LogP contribution < -0.4 is 5.32 Å². The zero-order chi connectivity index (χ0) is 20.8. The molecule has 0 spiro atoms. The highest BCUT2D eigenvalue weighted by atomic mass is 16.1. The minimum Gasteiger partial charge on any atom is -0.333 e. The molecule has 31 heavy (non-hydrogen) atoms. The average molecular weight is 412 g/mol. The number of amides is 1. The second-order valence-electron chi connectivity index (χ2n) is 10.2. The Hall–Kier alpha value is -2.88. The maximum Gasteiger partial charge on any atom is 0.255 e. The number of carbonyl (C=O) groups is 1. The lowest BCUT2D eigenvalue weighted by atomic mass is 9.48. The van der Waals surface area contributed by atoms with Crippen LogP contribution in [0.5, 0.6) is 0 Å². The van der Waals surface area contributed by atoms with Crippen molar-refractivity contribution in [1.82, 2.24) is 9.55 Å². The predicted octanol–water partition coefficient (Wildman–Crippen LogP) is 5.65. The maximum atomic E-state index is 12.7. The van der Waals surface area contributed by atoms with E-state index in [9.17, 15) is 4.79 Å². The highest BCUT2D eigenvalue weighted by Gasteiger charge is 2.51. The van der Waals surface area contributed by atoms with Gasteiger partial charge in [0.05, 0.1) is 6.33 Å².